The second kappa shape index (κ2) is 3.45. The van der Waals surface area contributed by atoms with Gasteiger partial charge in [0, 0.05) is 5.56 Å². The van der Waals surface area contributed by atoms with Gasteiger partial charge in [-0.05, 0) is 24.3 Å². The van der Waals surface area contributed by atoms with Crippen molar-refractivity contribution in [1.29, 1.82) is 0 Å². The minimum Gasteiger partial charge on any atom is -0.508 e. The molecule has 1 aromatic heterocycles. The summed E-state index contributed by atoms with van der Waals surface area (Å²) in [6.45, 7) is 0. The predicted octanol–water partition coefficient (Wildman–Crippen LogP) is 0.725. The van der Waals surface area contributed by atoms with E-state index in [4.69, 9.17) is 10.8 Å². The molecule has 2 aromatic rings. The van der Waals surface area contributed by atoms with Crippen LogP contribution in [0.1, 0.15) is 0 Å². The van der Waals surface area contributed by atoms with E-state index in [0.29, 0.717) is 11.4 Å². The van der Waals surface area contributed by atoms with E-state index in [9.17, 15) is 4.79 Å². The molecule has 1 heterocycles. The summed E-state index contributed by atoms with van der Waals surface area (Å²) in [7, 11) is 0. The molecule has 0 amide bonds. The SMILES string of the molecule is Nc1cnc(-c2ccc(O)cc2)[nH]c1=O. The van der Waals surface area contributed by atoms with Crippen LogP contribution in [-0.4, -0.2) is 15.1 Å². The average molecular weight is 203 g/mol. The van der Waals surface area contributed by atoms with Crippen LogP contribution in [0.15, 0.2) is 35.3 Å². The number of nitrogens with two attached hydrogens (primary N) is 1. The van der Waals surface area contributed by atoms with E-state index >= 15 is 0 Å². The molecule has 0 bridgehead atoms. The van der Waals surface area contributed by atoms with E-state index in [0.717, 1.165) is 0 Å². The molecule has 0 spiro atoms. The van der Waals surface area contributed by atoms with Crippen LogP contribution in [0.4, 0.5) is 5.69 Å². The number of nitrogen functional groups attached to an aromatic ring is 1. The number of aromatic amines is 1. The second-order valence-electron chi connectivity index (χ2n) is 3.06. The zero-order chi connectivity index (χ0) is 10.8. The highest BCUT2D eigenvalue weighted by molar-refractivity contribution is 5.56. The van der Waals surface area contributed by atoms with Crippen molar-refractivity contribution in [2.24, 2.45) is 0 Å². The summed E-state index contributed by atoms with van der Waals surface area (Å²) in [5, 5.41) is 9.09. The van der Waals surface area contributed by atoms with E-state index in [1.807, 2.05) is 0 Å². The van der Waals surface area contributed by atoms with Crippen molar-refractivity contribution in [3.8, 4) is 17.1 Å². The molecule has 4 N–H and O–H groups in total. The number of nitrogens with zero attached hydrogens (tertiary/aromatic N) is 1. The van der Waals surface area contributed by atoms with Gasteiger partial charge in [0.2, 0.25) is 0 Å². The van der Waals surface area contributed by atoms with Crippen LogP contribution in [0.2, 0.25) is 0 Å². The molecule has 0 fully saturated rings. The van der Waals surface area contributed by atoms with Gasteiger partial charge >= 0.3 is 0 Å². The topological polar surface area (TPSA) is 92.0 Å². The molecule has 0 aliphatic carbocycles. The van der Waals surface area contributed by atoms with Gasteiger partial charge < -0.3 is 15.8 Å². The first-order valence-electron chi connectivity index (χ1n) is 4.31. The quantitative estimate of drug-likeness (QED) is 0.636. The lowest BCUT2D eigenvalue weighted by molar-refractivity contribution is 0.475. The fourth-order valence-corrected chi connectivity index (χ4v) is 1.17. The van der Waals surface area contributed by atoms with Crippen molar-refractivity contribution >= 4 is 5.69 Å². The van der Waals surface area contributed by atoms with Crippen LogP contribution < -0.4 is 11.3 Å². The average Bonchev–Trinajstić information content (AvgIpc) is 2.23. The third-order valence-electron chi connectivity index (χ3n) is 1.97. The maximum absolute atomic E-state index is 11.2. The number of hydrogen-bond acceptors (Lipinski definition) is 4. The molecule has 15 heavy (non-hydrogen) atoms. The Morgan fingerprint density at radius 3 is 2.53 bits per heavy atom. The third kappa shape index (κ3) is 1.80. The molecule has 76 valence electrons. The van der Waals surface area contributed by atoms with Crippen molar-refractivity contribution in [1.82, 2.24) is 9.97 Å². The molecule has 0 aliphatic rings. The number of aromatic nitrogens is 2. The van der Waals surface area contributed by atoms with Gasteiger partial charge in [0.25, 0.3) is 5.56 Å². The highest BCUT2D eigenvalue weighted by Gasteiger charge is 2.01. The predicted molar refractivity (Wildman–Crippen MR) is 56.4 cm³/mol. The first-order chi connectivity index (χ1) is 7.16. The first kappa shape index (κ1) is 9.26. The Labute approximate surface area is 85.2 Å². The van der Waals surface area contributed by atoms with Crippen molar-refractivity contribution < 1.29 is 5.11 Å². The fourth-order valence-electron chi connectivity index (χ4n) is 1.17. The van der Waals surface area contributed by atoms with E-state index < -0.39 is 0 Å². The maximum Gasteiger partial charge on any atom is 0.274 e. The standard InChI is InChI=1S/C10H9N3O2/c11-8-5-12-9(13-10(8)15)6-1-3-7(14)4-2-6/h1-5,14H,11H2,(H,12,13,15). The molecule has 5 heteroatoms. The molecule has 1 aromatic carbocycles. The fraction of sp³-hybridized carbons (Fsp3) is 0. The van der Waals surface area contributed by atoms with Crippen molar-refractivity contribution in [2.45, 2.75) is 0 Å². The van der Waals surface area contributed by atoms with E-state index in [-0.39, 0.29) is 17.0 Å². The summed E-state index contributed by atoms with van der Waals surface area (Å²) in [6.07, 6.45) is 1.31. The Kier molecular flexibility index (Phi) is 2.13. The van der Waals surface area contributed by atoms with Gasteiger partial charge in [0.1, 0.15) is 17.3 Å². The summed E-state index contributed by atoms with van der Waals surface area (Å²) in [5.74, 6) is 0.589. The normalized spacial score (nSPS) is 10.1. The summed E-state index contributed by atoms with van der Waals surface area (Å²) in [5.41, 5.74) is 5.77. The van der Waals surface area contributed by atoms with Crippen LogP contribution >= 0.6 is 0 Å². The number of benzene rings is 1. The largest absolute Gasteiger partial charge is 0.508 e. The van der Waals surface area contributed by atoms with Crippen molar-refractivity contribution in [3.05, 3.63) is 40.8 Å². The Balaban J connectivity index is 2.50. The zero-order valence-electron chi connectivity index (χ0n) is 7.77. The number of H-pyrrole nitrogens is 1. The minimum absolute atomic E-state index is 0.0810. The second-order valence-corrected chi connectivity index (χ2v) is 3.06. The lowest BCUT2D eigenvalue weighted by atomic mass is 10.2. The maximum atomic E-state index is 11.2. The van der Waals surface area contributed by atoms with Crippen molar-refractivity contribution in [3.63, 3.8) is 0 Å². The zero-order valence-corrected chi connectivity index (χ0v) is 7.77. The van der Waals surface area contributed by atoms with Crippen LogP contribution in [-0.2, 0) is 0 Å². The smallest absolute Gasteiger partial charge is 0.274 e. The highest BCUT2D eigenvalue weighted by Crippen LogP contribution is 2.17. The summed E-state index contributed by atoms with van der Waals surface area (Å²) < 4.78 is 0. The lowest BCUT2D eigenvalue weighted by Gasteiger charge is -2.00. The highest BCUT2D eigenvalue weighted by atomic mass is 16.3. The summed E-state index contributed by atoms with van der Waals surface area (Å²) in [6, 6.07) is 6.35. The molecule has 0 unspecified atom stereocenters. The lowest BCUT2D eigenvalue weighted by Crippen LogP contribution is -2.13. The summed E-state index contributed by atoms with van der Waals surface area (Å²) >= 11 is 0. The number of nitrogens with one attached hydrogen (secondary N) is 1. The minimum atomic E-state index is -0.368. The van der Waals surface area contributed by atoms with Gasteiger partial charge in [-0.2, -0.15) is 0 Å². The van der Waals surface area contributed by atoms with Gasteiger partial charge in [0.05, 0.1) is 6.20 Å². The van der Waals surface area contributed by atoms with Crippen LogP contribution in [0, 0.1) is 0 Å². The molecule has 5 nitrogen and oxygen atoms in total. The van der Waals surface area contributed by atoms with Crippen LogP contribution in [0.3, 0.4) is 0 Å². The van der Waals surface area contributed by atoms with Gasteiger partial charge in [0.15, 0.2) is 0 Å². The van der Waals surface area contributed by atoms with Gasteiger partial charge in [-0.1, -0.05) is 0 Å². The van der Waals surface area contributed by atoms with Gasteiger partial charge in [-0.15, -0.1) is 0 Å². The van der Waals surface area contributed by atoms with E-state index in [1.54, 1.807) is 12.1 Å². The number of hydrogen-bond donors (Lipinski definition) is 3. The number of rotatable bonds is 1. The molecule has 0 aliphatic heterocycles. The summed E-state index contributed by atoms with van der Waals surface area (Å²) in [4.78, 5) is 17.7. The first-order valence-corrected chi connectivity index (χ1v) is 4.31. The van der Waals surface area contributed by atoms with E-state index in [2.05, 4.69) is 9.97 Å². The Morgan fingerprint density at radius 1 is 1.27 bits per heavy atom. The third-order valence-corrected chi connectivity index (χ3v) is 1.97. The molecule has 0 atom stereocenters. The Bertz CT molecular complexity index is 531. The number of aromatic hydroxyl groups is 1. The number of phenolic OH excluding ortho intramolecular Hbond substituents is 1. The number of anilines is 1. The molecule has 0 radical (unpaired) electrons. The van der Waals surface area contributed by atoms with Crippen molar-refractivity contribution in [2.75, 3.05) is 5.73 Å². The van der Waals surface area contributed by atoms with Gasteiger partial charge in [-0.25, -0.2) is 4.98 Å². The molecule has 2 rings (SSSR count). The number of phenols is 1. The van der Waals surface area contributed by atoms with Crippen LogP contribution in [0.5, 0.6) is 5.75 Å². The molecule has 0 saturated carbocycles. The molecular weight excluding hydrogens is 194 g/mol. The van der Waals surface area contributed by atoms with Crippen LogP contribution in [0.25, 0.3) is 11.4 Å². The monoisotopic (exact) mass is 203 g/mol. The Morgan fingerprint density at radius 2 is 1.93 bits per heavy atom. The van der Waals surface area contributed by atoms with Gasteiger partial charge in [-0.3, -0.25) is 4.79 Å². The van der Waals surface area contributed by atoms with E-state index in [1.165, 1.54) is 18.3 Å². The molecular formula is C10H9N3O2. The molecule has 0 saturated heterocycles. The Hall–Kier alpha value is -2.30.